The molecule has 0 aliphatic heterocycles. The molecule has 0 amide bonds. The minimum Gasteiger partial charge on any atom is -0.423 e. The van der Waals surface area contributed by atoms with E-state index < -0.39 is 0 Å². The highest BCUT2D eigenvalue weighted by Gasteiger charge is 2.01. The number of hydrogen-bond donors (Lipinski definition) is 0. The molecule has 4 nitrogen and oxygen atoms in total. The van der Waals surface area contributed by atoms with Crippen LogP contribution in [0.5, 0.6) is 0 Å². The van der Waals surface area contributed by atoms with Crippen LogP contribution in [0.3, 0.4) is 0 Å². The highest BCUT2D eigenvalue weighted by molar-refractivity contribution is 4.78. The van der Waals surface area contributed by atoms with Crippen molar-refractivity contribution in [1.29, 1.82) is 0 Å². The first-order chi connectivity index (χ1) is 4.86. The van der Waals surface area contributed by atoms with Crippen molar-refractivity contribution in [2.75, 3.05) is 7.11 Å². The van der Waals surface area contributed by atoms with Gasteiger partial charge in [0.25, 0.3) is 0 Å². The van der Waals surface area contributed by atoms with E-state index in [0.29, 0.717) is 18.4 Å². The van der Waals surface area contributed by atoms with E-state index in [0.717, 1.165) is 6.42 Å². The molecule has 1 aromatic rings. The van der Waals surface area contributed by atoms with Crippen molar-refractivity contribution in [3.8, 4) is 0 Å². The lowest BCUT2D eigenvalue weighted by Crippen LogP contribution is -1.85. The standard InChI is InChI=1S/C6H10N2O2/c1-3-5-7-8-6(10-5)4-9-2/h3-4H2,1-2H3. The fourth-order valence-corrected chi connectivity index (χ4v) is 0.613. The minimum atomic E-state index is 0.396. The summed E-state index contributed by atoms with van der Waals surface area (Å²) in [7, 11) is 1.59. The van der Waals surface area contributed by atoms with E-state index in [-0.39, 0.29) is 0 Å². The second kappa shape index (κ2) is 3.31. The average Bonchev–Trinajstić information content (AvgIpc) is 2.37. The van der Waals surface area contributed by atoms with Gasteiger partial charge in [0, 0.05) is 13.5 Å². The number of rotatable bonds is 3. The van der Waals surface area contributed by atoms with Crippen LogP contribution in [0.1, 0.15) is 18.7 Å². The van der Waals surface area contributed by atoms with E-state index in [4.69, 9.17) is 9.15 Å². The van der Waals surface area contributed by atoms with Crippen molar-refractivity contribution in [2.24, 2.45) is 0 Å². The van der Waals surface area contributed by atoms with Crippen molar-refractivity contribution >= 4 is 0 Å². The third kappa shape index (κ3) is 1.54. The first kappa shape index (κ1) is 7.21. The molecule has 10 heavy (non-hydrogen) atoms. The predicted octanol–water partition coefficient (Wildman–Crippen LogP) is 0.778. The summed E-state index contributed by atoms with van der Waals surface area (Å²) >= 11 is 0. The van der Waals surface area contributed by atoms with Crippen molar-refractivity contribution in [1.82, 2.24) is 10.2 Å². The van der Waals surface area contributed by atoms with Gasteiger partial charge < -0.3 is 9.15 Å². The van der Waals surface area contributed by atoms with Gasteiger partial charge in [0.15, 0.2) is 0 Å². The SMILES string of the molecule is CCc1nnc(COC)o1. The largest absolute Gasteiger partial charge is 0.423 e. The number of aryl methyl sites for hydroxylation is 1. The Morgan fingerprint density at radius 2 is 2.10 bits per heavy atom. The number of hydrogen-bond acceptors (Lipinski definition) is 4. The predicted molar refractivity (Wildman–Crippen MR) is 34.4 cm³/mol. The molecular formula is C6H10N2O2. The highest BCUT2D eigenvalue weighted by atomic mass is 16.5. The molecule has 56 valence electrons. The Bertz CT molecular complexity index is 197. The van der Waals surface area contributed by atoms with Crippen LogP contribution in [0.15, 0.2) is 4.42 Å². The van der Waals surface area contributed by atoms with Gasteiger partial charge in [-0.3, -0.25) is 0 Å². The summed E-state index contributed by atoms with van der Waals surface area (Å²) in [5.41, 5.74) is 0. The fraction of sp³-hybridized carbons (Fsp3) is 0.667. The second-order valence-corrected chi connectivity index (χ2v) is 1.88. The van der Waals surface area contributed by atoms with Gasteiger partial charge >= 0.3 is 0 Å². The van der Waals surface area contributed by atoms with Crippen molar-refractivity contribution in [3.05, 3.63) is 11.8 Å². The van der Waals surface area contributed by atoms with E-state index in [9.17, 15) is 0 Å². The Morgan fingerprint density at radius 1 is 1.40 bits per heavy atom. The number of ether oxygens (including phenoxy) is 1. The fourth-order valence-electron chi connectivity index (χ4n) is 0.613. The summed E-state index contributed by atoms with van der Waals surface area (Å²) in [5, 5.41) is 7.49. The van der Waals surface area contributed by atoms with Gasteiger partial charge in [0.1, 0.15) is 6.61 Å². The molecule has 0 aliphatic carbocycles. The molecule has 0 bridgehead atoms. The molecule has 0 N–H and O–H groups in total. The summed E-state index contributed by atoms with van der Waals surface area (Å²) in [5.74, 6) is 1.20. The van der Waals surface area contributed by atoms with Crippen LogP contribution in [0.25, 0.3) is 0 Å². The Kier molecular flexibility index (Phi) is 2.39. The van der Waals surface area contributed by atoms with Gasteiger partial charge in [0.05, 0.1) is 0 Å². The quantitative estimate of drug-likeness (QED) is 0.625. The summed E-state index contributed by atoms with van der Waals surface area (Å²) < 4.78 is 9.92. The lowest BCUT2D eigenvalue weighted by Gasteiger charge is -1.87. The van der Waals surface area contributed by atoms with E-state index >= 15 is 0 Å². The van der Waals surface area contributed by atoms with Crippen LogP contribution in [0.2, 0.25) is 0 Å². The van der Waals surface area contributed by atoms with Gasteiger partial charge in [0.2, 0.25) is 11.8 Å². The van der Waals surface area contributed by atoms with Gasteiger partial charge in [-0.1, -0.05) is 6.92 Å². The van der Waals surface area contributed by atoms with Crippen molar-refractivity contribution in [3.63, 3.8) is 0 Å². The van der Waals surface area contributed by atoms with E-state index in [1.54, 1.807) is 7.11 Å². The zero-order valence-corrected chi connectivity index (χ0v) is 6.13. The lowest BCUT2D eigenvalue weighted by molar-refractivity contribution is 0.158. The smallest absolute Gasteiger partial charge is 0.242 e. The molecule has 0 radical (unpaired) electrons. The maximum Gasteiger partial charge on any atom is 0.242 e. The van der Waals surface area contributed by atoms with Crippen molar-refractivity contribution in [2.45, 2.75) is 20.0 Å². The second-order valence-electron chi connectivity index (χ2n) is 1.88. The Labute approximate surface area is 59.2 Å². The van der Waals surface area contributed by atoms with E-state index in [2.05, 4.69) is 10.2 Å². The molecule has 0 aliphatic rings. The first-order valence-electron chi connectivity index (χ1n) is 3.17. The van der Waals surface area contributed by atoms with Crippen LogP contribution in [0.4, 0.5) is 0 Å². The first-order valence-corrected chi connectivity index (χ1v) is 3.17. The molecule has 0 atom stereocenters. The number of aromatic nitrogens is 2. The van der Waals surface area contributed by atoms with Gasteiger partial charge in [-0.15, -0.1) is 10.2 Å². The van der Waals surface area contributed by atoms with Gasteiger partial charge in [-0.05, 0) is 0 Å². The Balaban J connectivity index is 2.59. The summed E-state index contributed by atoms with van der Waals surface area (Å²) in [6, 6.07) is 0. The summed E-state index contributed by atoms with van der Waals surface area (Å²) in [6.07, 6.45) is 0.775. The van der Waals surface area contributed by atoms with Crippen molar-refractivity contribution < 1.29 is 9.15 Å². The molecule has 1 heterocycles. The molecule has 0 spiro atoms. The third-order valence-electron chi connectivity index (χ3n) is 1.08. The van der Waals surface area contributed by atoms with Gasteiger partial charge in [-0.2, -0.15) is 0 Å². The van der Waals surface area contributed by atoms with Crippen LogP contribution >= 0.6 is 0 Å². The molecular weight excluding hydrogens is 132 g/mol. The Morgan fingerprint density at radius 3 is 2.60 bits per heavy atom. The topological polar surface area (TPSA) is 48.2 Å². The highest BCUT2D eigenvalue weighted by Crippen LogP contribution is 2.00. The normalized spacial score (nSPS) is 10.2. The zero-order valence-electron chi connectivity index (χ0n) is 6.13. The summed E-state index contributed by atoms with van der Waals surface area (Å²) in [4.78, 5) is 0. The molecule has 0 aromatic carbocycles. The van der Waals surface area contributed by atoms with Gasteiger partial charge in [-0.25, -0.2) is 0 Å². The minimum absolute atomic E-state index is 0.396. The molecule has 1 aromatic heterocycles. The molecule has 0 saturated carbocycles. The maximum atomic E-state index is 5.13. The van der Waals surface area contributed by atoms with Crippen LogP contribution in [-0.2, 0) is 17.8 Å². The zero-order chi connectivity index (χ0) is 7.40. The van der Waals surface area contributed by atoms with E-state index in [1.165, 1.54) is 0 Å². The van der Waals surface area contributed by atoms with Crippen LogP contribution in [-0.4, -0.2) is 17.3 Å². The maximum absolute atomic E-state index is 5.13. The average molecular weight is 142 g/mol. The van der Waals surface area contributed by atoms with Crippen LogP contribution < -0.4 is 0 Å². The third-order valence-corrected chi connectivity index (χ3v) is 1.08. The number of nitrogens with zero attached hydrogens (tertiary/aromatic N) is 2. The summed E-state index contributed by atoms with van der Waals surface area (Å²) in [6.45, 7) is 2.36. The molecule has 0 saturated heterocycles. The lowest BCUT2D eigenvalue weighted by atomic mass is 10.5. The molecule has 4 heteroatoms. The Hall–Kier alpha value is -0.900. The monoisotopic (exact) mass is 142 g/mol. The molecule has 1 rings (SSSR count). The van der Waals surface area contributed by atoms with E-state index in [1.807, 2.05) is 6.92 Å². The number of methoxy groups -OCH3 is 1. The molecule has 0 fully saturated rings. The molecule has 0 unspecified atom stereocenters. The van der Waals surface area contributed by atoms with Crippen LogP contribution in [0, 0.1) is 0 Å².